The molecular weight excluding hydrogens is 476 g/mol. The summed E-state index contributed by atoms with van der Waals surface area (Å²) in [5.41, 5.74) is 3.59. The van der Waals surface area contributed by atoms with Crippen LogP contribution in [0.3, 0.4) is 0 Å². The van der Waals surface area contributed by atoms with Gasteiger partial charge in [0.1, 0.15) is 5.75 Å². The average Bonchev–Trinajstić information content (AvgIpc) is 3.23. The van der Waals surface area contributed by atoms with Crippen LogP contribution in [0, 0.1) is 0 Å². The highest BCUT2D eigenvalue weighted by Gasteiger charge is 2.27. The lowest BCUT2D eigenvalue weighted by Gasteiger charge is -2.32. The molecule has 1 fully saturated rings. The first-order valence-corrected chi connectivity index (χ1v) is 13.2. The summed E-state index contributed by atoms with van der Waals surface area (Å²) in [7, 11) is 2.13. The second kappa shape index (κ2) is 10.5. The first-order valence-electron chi connectivity index (χ1n) is 12.4. The molecule has 2 aromatic heterocycles. The Morgan fingerprint density at radius 1 is 1.17 bits per heavy atom. The molecule has 9 nitrogen and oxygen atoms in total. The lowest BCUT2D eigenvalue weighted by Crippen LogP contribution is -2.45. The summed E-state index contributed by atoms with van der Waals surface area (Å²) in [5, 5.41) is 9.83. The summed E-state index contributed by atoms with van der Waals surface area (Å²) in [4.78, 5) is 34.3. The summed E-state index contributed by atoms with van der Waals surface area (Å²) in [6, 6.07) is 6.02. The predicted molar refractivity (Wildman–Crippen MR) is 141 cm³/mol. The van der Waals surface area contributed by atoms with Crippen molar-refractivity contribution in [1.29, 1.82) is 0 Å². The molecule has 1 aromatic carbocycles. The maximum absolute atomic E-state index is 13.1. The van der Waals surface area contributed by atoms with Gasteiger partial charge in [-0.1, -0.05) is 6.07 Å². The molecule has 0 aliphatic carbocycles. The molecule has 0 bridgehead atoms. The van der Waals surface area contributed by atoms with Crippen molar-refractivity contribution in [3.05, 3.63) is 40.5 Å². The number of carbonyl (C=O) groups is 1. The molecule has 36 heavy (non-hydrogen) atoms. The van der Waals surface area contributed by atoms with E-state index in [1.807, 2.05) is 44.4 Å². The minimum Gasteiger partial charge on any atom is -0.492 e. The van der Waals surface area contributed by atoms with Crippen LogP contribution < -0.4 is 9.64 Å². The lowest BCUT2D eigenvalue weighted by molar-refractivity contribution is 0.0665. The third-order valence-corrected chi connectivity index (χ3v) is 7.79. The molecule has 4 heterocycles. The number of fused-ring (bicyclic) bond motifs is 3. The highest BCUT2D eigenvalue weighted by molar-refractivity contribution is 7.14. The molecule has 0 radical (unpaired) electrons. The molecule has 2 aliphatic rings. The highest BCUT2D eigenvalue weighted by atomic mass is 32.1. The van der Waals surface area contributed by atoms with Crippen molar-refractivity contribution in [2.75, 3.05) is 57.9 Å². The number of amides is 1. The van der Waals surface area contributed by atoms with E-state index in [1.54, 1.807) is 4.90 Å². The standard InChI is InChI=1S/C26H32N6O3S/c1-17(2)32(11-12-33)25(34)24-29-23-20-5-4-18(14-21(20)35-13-6-22(23)36-24)19-15-27-26(28-16-19)31-9-7-30(3)8-10-31/h4-5,14-17,33H,6-13H2,1-3H3. The molecule has 1 amide bonds. The molecule has 3 aromatic rings. The number of aliphatic hydroxyl groups excluding tert-OH is 1. The average molecular weight is 509 g/mol. The van der Waals surface area contributed by atoms with Gasteiger partial charge in [-0.3, -0.25) is 4.79 Å². The van der Waals surface area contributed by atoms with Crippen molar-refractivity contribution in [1.82, 2.24) is 24.8 Å². The Morgan fingerprint density at radius 2 is 1.92 bits per heavy atom. The molecule has 1 N–H and O–H groups in total. The number of anilines is 1. The van der Waals surface area contributed by atoms with Crippen molar-refractivity contribution in [3.8, 4) is 28.1 Å². The molecule has 2 aliphatic heterocycles. The molecule has 0 unspecified atom stereocenters. The van der Waals surface area contributed by atoms with Crippen LogP contribution in [0.25, 0.3) is 22.4 Å². The summed E-state index contributed by atoms with van der Waals surface area (Å²) in [5.74, 6) is 1.36. The summed E-state index contributed by atoms with van der Waals surface area (Å²) < 4.78 is 6.09. The number of hydrogen-bond acceptors (Lipinski definition) is 9. The van der Waals surface area contributed by atoms with Gasteiger partial charge in [-0.05, 0) is 38.6 Å². The maximum Gasteiger partial charge on any atom is 0.283 e. The number of carbonyl (C=O) groups excluding carboxylic acids is 1. The minimum absolute atomic E-state index is 0.0172. The number of benzene rings is 1. The number of likely N-dealkylation sites (N-methyl/N-ethyl adjacent to an activating group) is 1. The van der Waals surface area contributed by atoms with Crippen LogP contribution in [0.1, 0.15) is 28.5 Å². The fraction of sp³-hybridized carbons (Fsp3) is 0.462. The highest BCUT2D eigenvalue weighted by Crippen LogP contribution is 2.40. The molecule has 190 valence electrons. The first-order chi connectivity index (χ1) is 17.4. The van der Waals surface area contributed by atoms with Gasteiger partial charge in [0.25, 0.3) is 5.91 Å². The zero-order valence-electron chi connectivity index (χ0n) is 21.0. The van der Waals surface area contributed by atoms with E-state index >= 15 is 0 Å². The van der Waals surface area contributed by atoms with Crippen molar-refractivity contribution in [2.45, 2.75) is 26.3 Å². The minimum atomic E-state index is -0.145. The summed E-state index contributed by atoms with van der Waals surface area (Å²) >= 11 is 1.42. The van der Waals surface area contributed by atoms with Crippen LogP contribution in [0.4, 0.5) is 5.95 Å². The zero-order chi connectivity index (χ0) is 25.2. The molecule has 10 heteroatoms. The van der Waals surface area contributed by atoms with E-state index in [9.17, 15) is 9.90 Å². The van der Waals surface area contributed by atoms with Crippen molar-refractivity contribution in [2.24, 2.45) is 0 Å². The second-order valence-corrected chi connectivity index (χ2v) is 10.6. The number of nitrogens with zero attached hydrogens (tertiary/aromatic N) is 6. The second-order valence-electron chi connectivity index (χ2n) is 9.48. The number of rotatable bonds is 6. The van der Waals surface area contributed by atoms with E-state index in [2.05, 4.69) is 26.8 Å². The van der Waals surface area contributed by atoms with Crippen LogP contribution >= 0.6 is 11.3 Å². The van der Waals surface area contributed by atoms with E-state index in [0.29, 0.717) is 24.6 Å². The summed E-state index contributed by atoms with van der Waals surface area (Å²) in [6.45, 7) is 8.50. The smallest absolute Gasteiger partial charge is 0.283 e. The number of piperazine rings is 1. The van der Waals surface area contributed by atoms with E-state index in [0.717, 1.165) is 65.1 Å². The van der Waals surface area contributed by atoms with Crippen molar-refractivity contribution in [3.63, 3.8) is 0 Å². The van der Waals surface area contributed by atoms with Crippen LogP contribution in [0.15, 0.2) is 30.6 Å². The number of aliphatic hydroxyl groups is 1. The zero-order valence-corrected chi connectivity index (χ0v) is 21.8. The fourth-order valence-corrected chi connectivity index (χ4v) is 5.57. The van der Waals surface area contributed by atoms with Gasteiger partial charge in [-0.2, -0.15) is 0 Å². The van der Waals surface area contributed by atoms with Crippen molar-refractivity contribution < 1.29 is 14.6 Å². The Hall–Kier alpha value is -3.08. The van der Waals surface area contributed by atoms with E-state index in [1.165, 1.54) is 11.3 Å². The number of aromatic nitrogens is 3. The number of hydrogen-bond donors (Lipinski definition) is 1. The topological polar surface area (TPSA) is 94.9 Å². The summed E-state index contributed by atoms with van der Waals surface area (Å²) in [6.07, 6.45) is 4.42. The van der Waals surface area contributed by atoms with Crippen LogP contribution in [-0.2, 0) is 6.42 Å². The van der Waals surface area contributed by atoms with Gasteiger partial charge in [0.2, 0.25) is 5.95 Å². The molecule has 0 atom stereocenters. The molecule has 1 saturated heterocycles. The Kier molecular flexibility index (Phi) is 7.17. The van der Waals surface area contributed by atoms with Crippen LogP contribution in [0.2, 0.25) is 0 Å². The number of thiazole rings is 1. The van der Waals surface area contributed by atoms with Gasteiger partial charge >= 0.3 is 0 Å². The predicted octanol–water partition coefficient (Wildman–Crippen LogP) is 2.80. The molecule has 5 rings (SSSR count). The largest absolute Gasteiger partial charge is 0.492 e. The molecular formula is C26H32N6O3S. The van der Waals surface area contributed by atoms with Gasteiger partial charge < -0.3 is 24.5 Å². The molecule has 0 spiro atoms. The Morgan fingerprint density at radius 3 is 2.61 bits per heavy atom. The SMILES string of the molecule is CC(C)N(CCO)C(=O)c1nc2c(s1)CCOc1cc(-c3cnc(N4CCN(C)CC4)nc3)ccc1-2. The Balaban J connectivity index is 1.40. The first kappa shape index (κ1) is 24.6. The van der Waals surface area contributed by atoms with Gasteiger partial charge in [0.15, 0.2) is 5.01 Å². The monoisotopic (exact) mass is 508 g/mol. The van der Waals surface area contributed by atoms with Gasteiger partial charge in [-0.25, -0.2) is 15.0 Å². The number of ether oxygens (including phenoxy) is 1. The maximum atomic E-state index is 13.1. The molecule has 0 saturated carbocycles. The van der Waals surface area contributed by atoms with Crippen LogP contribution in [-0.4, -0.2) is 94.8 Å². The fourth-order valence-electron chi connectivity index (χ4n) is 4.56. The Labute approximate surface area is 215 Å². The van der Waals surface area contributed by atoms with E-state index in [4.69, 9.17) is 9.72 Å². The lowest BCUT2D eigenvalue weighted by atomic mass is 10.0. The van der Waals surface area contributed by atoms with E-state index < -0.39 is 0 Å². The quantitative estimate of drug-likeness (QED) is 0.543. The van der Waals surface area contributed by atoms with Crippen LogP contribution in [0.5, 0.6) is 5.75 Å². The van der Waals surface area contributed by atoms with Gasteiger partial charge in [0.05, 0.1) is 18.9 Å². The third-order valence-electron chi connectivity index (χ3n) is 6.69. The Bertz CT molecular complexity index is 1220. The third kappa shape index (κ3) is 4.93. The van der Waals surface area contributed by atoms with Crippen molar-refractivity contribution >= 4 is 23.2 Å². The normalized spacial score (nSPS) is 15.8. The van der Waals surface area contributed by atoms with Gasteiger partial charge in [-0.15, -0.1) is 11.3 Å². The van der Waals surface area contributed by atoms with Gasteiger partial charge in [0, 0.05) is 73.6 Å². The van der Waals surface area contributed by atoms with E-state index in [-0.39, 0.29) is 18.6 Å².